The Morgan fingerprint density at radius 3 is 2.41 bits per heavy atom. The lowest BCUT2D eigenvalue weighted by atomic mass is 10.0. The Morgan fingerprint density at radius 2 is 1.88 bits per heavy atom. The summed E-state index contributed by atoms with van der Waals surface area (Å²) in [6.45, 7) is 0. The highest BCUT2D eigenvalue weighted by Gasteiger charge is 2.17. The van der Waals surface area contributed by atoms with Crippen LogP contribution < -0.4 is 0 Å². The average Bonchev–Trinajstić information content (AvgIpc) is 2.36. The van der Waals surface area contributed by atoms with E-state index in [0.29, 0.717) is 24.2 Å². The maximum Gasteiger partial charge on any atom is 0.142 e. The summed E-state index contributed by atoms with van der Waals surface area (Å²) in [4.78, 5) is 10.1. The summed E-state index contributed by atoms with van der Waals surface area (Å²) in [5.74, 6) is 0.304. The number of rotatable bonds is 6. The van der Waals surface area contributed by atoms with Gasteiger partial charge in [-0.2, -0.15) is 0 Å². The van der Waals surface area contributed by atoms with Gasteiger partial charge in [0.25, 0.3) is 0 Å². The summed E-state index contributed by atoms with van der Waals surface area (Å²) in [5.41, 5.74) is 1.49. The van der Waals surface area contributed by atoms with E-state index in [1.54, 1.807) is 30.3 Å². The third-order valence-corrected chi connectivity index (χ3v) is 2.63. The summed E-state index contributed by atoms with van der Waals surface area (Å²) in [6, 6.07) is 6.97. The van der Waals surface area contributed by atoms with Crippen LogP contribution in [0.3, 0.4) is 0 Å². The van der Waals surface area contributed by atoms with Gasteiger partial charge < -0.3 is 10.2 Å². The monoisotopic (exact) mass is 254 g/mol. The van der Waals surface area contributed by atoms with Gasteiger partial charge in [0.05, 0.1) is 6.10 Å². The van der Waals surface area contributed by atoms with Crippen LogP contribution in [0.15, 0.2) is 30.3 Å². The molecule has 0 heterocycles. The molecule has 0 amide bonds. The highest BCUT2D eigenvalue weighted by atomic mass is 35.5. The molecule has 1 rings (SSSR count). The quantitative estimate of drug-likeness (QED) is 0.463. The van der Waals surface area contributed by atoms with E-state index in [2.05, 4.69) is 0 Å². The predicted molar refractivity (Wildman–Crippen MR) is 67.8 cm³/mol. The molecule has 0 aliphatic rings. The largest absolute Gasteiger partial charge is 0.390 e. The number of hydrogen-bond donors (Lipinski definition) is 2. The summed E-state index contributed by atoms with van der Waals surface area (Å²) in [7, 11) is 0. The molecule has 3 nitrogen and oxygen atoms in total. The van der Waals surface area contributed by atoms with Gasteiger partial charge in [0.1, 0.15) is 12.4 Å². The zero-order chi connectivity index (χ0) is 12.7. The molecule has 0 radical (unpaired) electrons. The van der Waals surface area contributed by atoms with Gasteiger partial charge in [0, 0.05) is 5.88 Å². The fourth-order valence-electron chi connectivity index (χ4n) is 1.45. The molecule has 0 saturated carbocycles. The number of alkyl halides is 1. The van der Waals surface area contributed by atoms with Gasteiger partial charge in [-0.05, 0) is 23.6 Å². The number of aldehydes is 1. The van der Waals surface area contributed by atoms with Crippen LogP contribution in [0, 0.1) is 0 Å². The lowest BCUT2D eigenvalue weighted by Gasteiger charge is -2.17. The van der Waals surface area contributed by atoms with E-state index in [1.807, 2.05) is 0 Å². The molecule has 0 bridgehead atoms. The van der Waals surface area contributed by atoms with Crippen molar-refractivity contribution in [3.05, 3.63) is 41.5 Å². The standard InChI is InChI=1S/C13H15ClO3/c14-8-7-12(16)13(17)11-5-3-10(4-6-11)2-1-9-15/h1-6,9,12-13,16-17H,7-8H2/b2-1+. The number of carbonyl (C=O) groups excluding carboxylic acids is 1. The van der Waals surface area contributed by atoms with E-state index in [9.17, 15) is 15.0 Å². The molecular weight excluding hydrogens is 240 g/mol. The van der Waals surface area contributed by atoms with E-state index in [1.165, 1.54) is 6.08 Å². The zero-order valence-electron chi connectivity index (χ0n) is 9.29. The van der Waals surface area contributed by atoms with E-state index in [4.69, 9.17) is 11.6 Å². The second-order valence-electron chi connectivity index (χ2n) is 3.65. The summed E-state index contributed by atoms with van der Waals surface area (Å²) >= 11 is 5.50. The number of aliphatic hydroxyl groups excluding tert-OH is 2. The Kier molecular flexibility index (Phi) is 5.91. The zero-order valence-corrected chi connectivity index (χ0v) is 10.0. The van der Waals surface area contributed by atoms with Crippen molar-refractivity contribution < 1.29 is 15.0 Å². The van der Waals surface area contributed by atoms with Crippen molar-refractivity contribution >= 4 is 24.0 Å². The summed E-state index contributed by atoms with van der Waals surface area (Å²) in [5, 5.41) is 19.4. The Bertz CT molecular complexity index is 373. The first-order valence-electron chi connectivity index (χ1n) is 5.33. The molecule has 1 aromatic carbocycles. The van der Waals surface area contributed by atoms with Crippen molar-refractivity contribution in [2.75, 3.05) is 5.88 Å². The van der Waals surface area contributed by atoms with Gasteiger partial charge >= 0.3 is 0 Å². The molecule has 0 aliphatic heterocycles. The molecule has 2 unspecified atom stereocenters. The van der Waals surface area contributed by atoms with Crippen molar-refractivity contribution in [3.63, 3.8) is 0 Å². The van der Waals surface area contributed by atoms with Crippen LogP contribution in [-0.2, 0) is 4.79 Å². The SMILES string of the molecule is O=C/C=C/c1ccc(C(O)C(O)CCCl)cc1. The number of aliphatic hydroxyl groups is 2. The number of allylic oxidation sites excluding steroid dienone is 1. The van der Waals surface area contributed by atoms with Crippen molar-refractivity contribution in [1.82, 2.24) is 0 Å². The van der Waals surface area contributed by atoms with Crippen molar-refractivity contribution in [3.8, 4) is 0 Å². The van der Waals surface area contributed by atoms with Crippen LogP contribution >= 0.6 is 11.6 Å². The predicted octanol–water partition coefficient (Wildman–Crippen LogP) is 1.92. The molecule has 2 N–H and O–H groups in total. The van der Waals surface area contributed by atoms with Crippen molar-refractivity contribution in [2.45, 2.75) is 18.6 Å². The number of hydrogen-bond acceptors (Lipinski definition) is 3. The molecule has 0 spiro atoms. The normalized spacial score (nSPS) is 14.8. The second kappa shape index (κ2) is 7.22. The van der Waals surface area contributed by atoms with Crippen LogP contribution in [0.1, 0.15) is 23.7 Å². The number of halogens is 1. The molecule has 92 valence electrons. The molecule has 2 atom stereocenters. The van der Waals surface area contributed by atoms with Crippen LogP contribution in [0.2, 0.25) is 0 Å². The van der Waals surface area contributed by atoms with Gasteiger partial charge in [-0.15, -0.1) is 11.6 Å². The van der Waals surface area contributed by atoms with Crippen molar-refractivity contribution in [1.29, 1.82) is 0 Å². The number of benzene rings is 1. The first kappa shape index (κ1) is 13.9. The van der Waals surface area contributed by atoms with Gasteiger partial charge in [0.2, 0.25) is 0 Å². The Hall–Kier alpha value is -1.16. The van der Waals surface area contributed by atoms with Crippen LogP contribution in [0.25, 0.3) is 6.08 Å². The molecule has 0 aromatic heterocycles. The summed E-state index contributed by atoms with van der Waals surface area (Å²) < 4.78 is 0. The lowest BCUT2D eigenvalue weighted by Crippen LogP contribution is -2.18. The molecule has 0 aliphatic carbocycles. The molecule has 0 fully saturated rings. The minimum absolute atomic E-state index is 0.304. The average molecular weight is 255 g/mol. The number of carbonyl (C=O) groups is 1. The van der Waals surface area contributed by atoms with Gasteiger partial charge in [-0.1, -0.05) is 30.3 Å². The van der Waals surface area contributed by atoms with Crippen LogP contribution in [-0.4, -0.2) is 28.5 Å². The highest BCUT2D eigenvalue weighted by Crippen LogP contribution is 2.20. The van der Waals surface area contributed by atoms with E-state index >= 15 is 0 Å². The smallest absolute Gasteiger partial charge is 0.142 e. The fourth-order valence-corrected chi connectivity index (χ4v) is 1.67. The lowest BCUT2D eigenvalue weighted by molar-refractivity contribution is -0.104. The third kappa shape index (κ3) is 4.30. The molecular formula is C13H15ClO3. The van der Waals surface area contributed by atoms with Gasteiger partial charge in [-0.3, -0.25) is 4.79 Å². The topological polar surface area (TPSA) is 57.5 Å². The molecule has 17 heavy (non-hydrogen) atoms. The van der Waals surface area contributed by atoms with Crippen molar-refractivity contribution in [2.24, 2.45) is 0 Å². The van der Waals surface area contributed by atoms with E-state index in [0.717, 1.165) is 5.56 Å². The van der Waals surface area contributed by atoms with E-state index < -0.39 is 12.2 Å². The minimum atomic E-state index is -0.933. The fraction of sp³-hybridized carbons (Fsp3) is 0.308. The third-order valence-electron chi connectivity index (χ3n) is 2.41. The van der Waals surface area contributed by atoms with Gasteiger partial charge in [0.15, 0.2) is 0 Å². The molecule has 0 saturated heterocycles. The maximum atomic E-state index is 10.1. The minimum Gasteiger partial charge on any atom is -0.390 e. The maximum absolute atomic E-state index is 10.1. The van der Waals surface area contributed by atoms with E-state index in [-0.39, 0.29) is 0 Å². The first-order chi connectivity index (χ1) is 8.19. The Labute approximate surface area is 105 Å². The van der Waals surface area contributed by atoms with Crippen LogP contribution in [0.5, 0.6) is 0 Å². The Balaban J connectivity index is 2.72. The Morgan fingerprint density at radius 1 is 1.24 bits per heavy atom. The highest BCUT2D eigenvalue weighted by molar-refractivity contribution is 6.17. The second-order valence-corrected chi connectivity index (χ2v) is 4.03. The molecule has 1 aromatic rings. The van der Waals surface area contributed by atoms with Gasteiger partial charge in [-0.25, -0.2) is 0 Å². The summed E-state index contributed by atoms with van der Waals surface area (Å²) in [6.07, 6.45) is 2.32. The molecule has 4 heteroatoms. The van der Waals surface area contributed by atoms with Crippen LogP contribution in [0.4, 0.5) is 0 Å². The first-order valence-corrected chi connectivity index (χ1v) is 5.86.